The van der Waals surface area contributed by atoms with E-state index in [1.165, 1.54) is 6.07 Å². The molecular weight excluding hydrogens is 582 g/mol. The molecule has 0 bridgehead atoms. The van der Waals surface area contributed by atoms with Gasteiger partial charge in [0.1, 0.15) is 6.10 Å². The van der Waals surface area contributed by atoms with Gasteiger partial charge in [-0.1, -0.05) is 44.2 Å². The molecule has 7 rings (SSSR count). The molecule has 248 valence electrons. The summed E-state index contributed by atoms with van der Waals surface area (Å²) in [5.74, 6) is 1.37. The maximum Gasteiger partial charge on any atom is 0.410 e. The Bertz CT molecular complexity index is 1470. The first-order chi connectivity index (χ1) is 22.1. The Morgan fingerprint density at radius 2 is 1.67 bits per heavy atom. The van der Waals surface area contributed by atoms with Gasteiger partial charge < -0.3 is 29.4 Å². The lowest BCUT2D eigenvalue weighted by Gasteiger charge is -2.63. The van der Waals surface area contributed by atoms with Crippen molar-refractivity contribution in [1.29, 1.82) is 0 Å². The number of aliphatic hydroxyl groups is 1. The van der Waals surface area contributed by atoms with Crippen molar-refractivity contribution >= 4 is 12.1 Å². The molecule has 4 aliphatic carbocycles. The van der Waals surface area contributed by atoms with Gasteiger partial charge in [0.25, 0.3) is 0 Å². The summed E-state index contributed by atoms with van der Waals surface area (Å²) in [7, 11) is 0. The van der Waals surface area contributed by atoms with E-state index in [0.29, 0.717) is 44.6 Å². The lowest BCUT2D eigenvalue weighted by atomic mass is 9.43. The molecule has 1 saturated heterocycles. The number of benzene rings is 1. The van der Waals surface area contributed by atoms with Crippen molar-refractivity contribution in [3.8, 4) is 0 Å². The summed E-state index contributed by atoms with van der Waals surface area (Å²) in [5, 5.41) is 15.5. The zero-order valence-electron chi connectivity index (χ0n) is 27.3. The third-order valence-corrected chi connectivity index (χ3v) is 13.3. The fraction of sp³-hybridized carbons (Fsp3) is 0.649. The van der Waals surface area contributed by atoms with Crippen molar-refractivity contribution < 1.29 is 23.8 Å². The van der Waals surface area contributed by atoms with Gasteiger partial charge in [-0.2, -0.15) is 0 Å². The molecule has 9 nitrogen and oxygen atoms in total. The molecule has 3 amide bonds. The Morgan fingerprint density at radius 3 is 2.41 bits per heavy atom. The molecular formula is C37H49N3O6. The molecule has 9 heteroatoms. The molecule has 8 atom stereocenters. The Hall–Kier alpha value is -3.33. The van der Waals surface area contributed by atoms with Crippen LogP contribution in [0.15, 0.2) is 57.9 Å². The van der Waals surface area contributed by atoms with Gasteiger partial charge in [-0.3, -0.25) is 0 Å². The summed E-state index contributed by atoms with van der Waals surface area (Å²) in [6.45, 7) is 7.13. The van der Waals surface area contributed by atoms with E-state index in [2.05, 4.69) is 19.2 Å². The maximum absolute atomic E-state index is 13.2. The highest BCUT2D eigenvalue weighted by Crippen LogP contribution is 2.70. The number of amides is 3. The number of hydrogen-bond acceptors (Lipinski definition) is 6. The molecule has 8 unspecified atom stereocenters. The first-order valence-electron chi connectivity index (χ1n) is 17.4. The molecule has 1 aliphatic heterocycles. The van der Waals surface area contributed by atoms with Crippen LogP contribution in [0.3, 0.4) is 0 Å². The van der Waals surface area contributed by atoms with E-state index in [1.807, 2.05) is 36.4 Å². The van der Waals surface area contributed by atoms with Crippen LogP contribution in [0.1, 0.15) is 88.7 Å². The van der Waals surface area contributed by atoms with Gasteiger partial charge in [0.15, 0.2) is 0 Å². The van der Waals surface area contributed by atoms with Gasteiger partial charge >= 0.3 is 17.7 Å². The van der Waals surface area contributed by atoms with E-state index >= 15 is 0 Å². The molecule has 5 fully saturated rings. The Morgan fingerprint density at radius 1 is 0.913 bits per heavy atom. The normalized spacial score (nSPS) is 37.1. The number of ether oxygens (including phenoxy) is 1. The zero-order valence-corrected chi connectivity index (χ0v) is 27.3. The standard InChI is InChI=1S/C37H49N3O6/c1-35-15-12-28(46-34(43)40-20-18-39(19-21-40)33(42)38-23-25-6-4-3-5-7-25)22-27(35)9-10-31-30(35)13-16-36(2)29(14-17-37(31,36)44)26-8-11-32(41)45-24-26/h3-8,11,24,27-31,44H,9-10,12-23H2,1-2H3,(H,38,42). The summed E-state index contributed by atoms with van der Waals surface area (Å²) < 4.78 is 11.4. The van der Waals surface area contributed by atoms with Crippen molar-refractivity contribution in [1.82, 2.24) is 15.1 Å². The predicted molar refractivity (Wildman–Crippen MR) is 173 cm³/mol. The van der Waals surface area contributed by atoms with Crippen LogP contribution >= 0.6 is 0 Å². The third-order valence-electron chi connectivity index (χ3n) is 13.3. The van der Waals surface area contributed by atoms with Crippen LogP contribution in [0, 0.1) is 28.6 Å². The lowest BCUT2D eigenvalue weighted by molar-refractivity contribution is -0.205. The van der Waals surface area contributed by atoms with E-state index in [1.54, 1.807) is 16.1 Å². The van der Waals surface area contributed by atoms with Gasteiger partial charge in [-0.25, -0.2) is 14.4 Å². The topological polar surface area (TPSA) is 112 Å². The highest BCUT2D eigenvalue weighted by atomic mass is 16.6. The van der Waals surface area contributed by atoms with Crippen LogP contribution in [0.5, 0.6) is 0 Å². The molecule has 5 aliphatic rings. The highest BCUT2D eigenvalue weighted by molar-refractivity contribution is 5.75. The quantitative estimate of drug-likeness (QED) is 0.434. The number of urea groups is 1. The number of fused-ring (bicyclic) bond motifs is 5. The van der Waals surface area contributed by atoms with Gasteiger partial charge in [0.2, 0.25) is 0 Å². The minimum atomic E-state index is -0.728. The molecule has 0 radical (unpaired) electrons. The van der Waals surface area contributed by atoms with Gasteiger partial charge in [0.05, 0.1) is 11.9 Å². The fourth-order valence-electron chi connectivity index (χ4n) is 10.6. The van der Waals surface area contributed by atoms with Gasteiger partial charge in [0, 0.05) is 44.2 Å². The minimum absolute atomic E-state index is 0.0881. The molecule has 4 saturated carbocycles. The number of nitrogens with zero attached hydrogens (tertiary/aromatic N) is 2. The molecule has 2 N–H and O–H groups in total. The fourth-order valence-corrected chi connectivity index (χ4v) is 10.6. The van der Waals surface area contributed by atoms with Crippen LogP contribution in [-0.2, 0) is 11.3 Å². The maximum atomic E-state index is 13.2. The molecule has 1 aromatic carbocycles. The number of nitrogens with one attached hydrogen (secondary N) is 1. The van der Waals surface area contributed by atoms with Crippen molar-refractivity contribution in [2.45, 2.75) is 95.8 Å². The average molecular weight is 632 g/mol. The second-order valence-corrected chi connectivity index (χ2v) is 15.3. The van der Waals surface area contributed by atoms with Crippen LogP contribution in [-0.4, -0.2) is 64.9 Å². The van der Waals surface area contributed by atoms with Crippen LogP contribution in [0.25, 0.3) is 0 Å². The van der Waals surface area contributed by atoms with Crippen molar-refractivity contribution in [2.75, 3.05) is 26.2 Å². The van der Waals surface area contributed by atoms with Crippen LogP contribution < -0.4 is 10.9 Å². The molecule has 1 aromatic heterocycles. The molecule has 2 aromatic rings. The number of hydrogen-bond donors (Lipinski definition) is 2. The summed E-state index contributed by atoms with van der Waals surface area (Å²) >= 11 is 0. The largest absolute Gasteiger partial charge is 0.446 e. The van der Waals surface area contributed by atoms with E-state index in [4.69, 9.17) is 9.15 Å². The first kappa shape index (κ1) is 31.3. The van der Waals surface area contributed by atoms with Crippen molar-refractivity contribution in [3.05, 3.63) is 70.3 Å². The SMILES string of the molecule is CC12CCC(OC(=O)N3CCN(C(=O)NCc4ccccc4)CC3)CC1CCC1C2CCC2(C)C(c3ccc(=O)oc3)CCC12O. The van der Waals surface area contributed by atoms with E-state index in [9.17, 15) is 19.5 Å². The summed E-state index contributed by atoms with van der Waals surface area (Å²) in [6, 6.07) is 13.1. The zero-order chi connectivity index (χ0) is 32.1. The number of carbonyl (C=O) groups is 2. The van der Waals surface area contributed by atoms with E-state index < -0.39 is 5.60 Å². The number of carbonyl (C=O) groups excluding carboxylic acids is 2. The van der Waals surface area contributed by atoms with Crippen LogP contribution in [0.2, 0.25) is 0 Å². The monoisotopic (exact) mass is 631 g/mol. The Balaban J connectivity index is 0.928. The molecule has 2 heterocycles. The first-order valence-corrected chi connectivity index (χ1v) is 17.4. The Labute approximate surface area is 271 Å². The highest BCUT2D eigenvalue weighted by Gasteiger charge is 2.67. The number of rotatable bonds is 4. The Kier molecular flexibility index (Phi) is 8.18. The third kappa shape index (κ3) is 5.32. The van der Waals surface area contributed by atoms with Crippen LogP contribution in [0.4, 0.5) is 9.59 Å². The second-order valence-electron chi connectivity index (χ2n) is 15.3. The van der Waals surface area contributed by atoms with Crippen molar-refractivity contribution in [2.24, 2.45) is 28.6 Å². The summed E-state index contributed by atoms with van der Waals surface area (Å²) in [4.78, 5) is 41.0. The number of piperazine rings is 1. The molecule has 46 heavy (non-hydrogen) atoms. The van der Waals surface area contributed by atoms with E-state index in [-0.39, 0.29) is 46.5 Å². The smallest absolute Gasteiger partial charge is 0.410 e. The minimum Gasteiger partial charge on any atom is -0.446 e. The van der Waals surface area contributed by atoms with Gasteiger partial charge in [-0.05, 0) is 104 Å². The van der Waals surface area contributed by atoms with E-state index in [0.717, 1.165) is 68.9 Å². The average Bonchev–Trinajstić information content (AvgIpc) is 3.35. The van der Waals surface area contributed by atoms with Crippen molar-refractivity contribution in [3.63, 3.8) is 0 Å². The molecule has 0 spiro atoms. The summed E-state index contributed by atoms with van der Waals surface area (Å²) in [5.41, 5.74) is 0.914. The lowest BCUT2D eigenvalue weighted by Crippen LogP contribution is -2.62. The predicted octanol–water partition coefficient (Wildman–Crippen LogP) is 5.91. The second kappa shape index (κ2) is 12.0. The van der Waals surface area contributed by atoms with Gasteiger partial charge in [-0.15, -0.1) is 0 Å². The summed E-state index contributed by atoms with van der Waals surface area (Å²) in [6.07, 6.45) is 9.81.